The van der Waals surface area contributed by atoms with E-state index in [9.17, 15) is 4.79 Å². The second kappa shape index (κ2) is 6.88. The highest BCUT2D eigenvalue weighted by atomic mass is 16.5. The molecule has 0 aliphatic heterocycles. The van der Waals surface area contributed by atoms with Crippen LogP contribution in [0.4, 0.5) is 0 Å². The lowest BCUT2D eigenvalue weighted by molar-refractivity contribution is 0.0685. The predicted molar refractivity (Wildman–Crippen MR) is 61.5 cm³/mol. The van der Waals surface area contributed by atoms with Gasteiger partial charge in [0.25, 0.3) is 0 Å². The second-order valence-electron chi connectivity index (χ2n) is 3.42. The first-order valence-corrected chi connectivity index (χ1v) is 5.31. The number of benzene rings is 1. The van der Waals surface area contributed by atoms with Crippen molar-refractivity contribution in [2.75, 3.05) is 26.4 Å². The van der Waals surface area contributed by atoms with Crippen LogP contribution >= 0.6 is 0 Å². The van der Waals surface area contributed by atoms with E-state index < -0.39 is 5.97 Å². The fraction of sp³-hybridized carbons (Fsp3) is 0.417. The van der Waals surface area contributed by atoms with Gasteiger partial charge in [0.05, 0.1) is 25.4 Å². The molecule has 2 N–H and O–H groups in total. The average Bonchev–Trinajstić information content (AvgIpc) is 2.30. The van der Waals surface area contributed by atoms with E-state index in [2.05, 4.69) is 0 Å². The highest BCUT2D eigenvalue weighted by molar-refractivity contribution is 5.90. The SMILES string of the molecule is Cc1c(OCCOCCO)cccc1C(=O)O. The van der Waals surface area contributed by atoms with Crippen LogP contribution in [0.15, 0.2) is 18.2 Å². The normalized spacial score (nSPS) is 10.2. The van der Waals surface area contributed by atoms with Crippen LogP contribution in [0.5, 0.6) is 5.75 Å². The van der Waals surface area contributed by atoms with E-state index in [0.717, 1.165) is 0 Å². The van der Waals surface area contributed by atoms with Crippen LogP contribution in [0.1, 0.15) is 15.9 Å². The van der Waals surface area contributed by atoms with Crippen molar-refractivity contribution in [1.82, 2.24) is 0 Å². The van der Waals surface area contributed by atoms with Gasteiger partial charge in [0.1, 0.15) is 12.4 Å². The highest BCUT2D eigenvalue weighted by Gasteiger charge is 2.10. The maximum Gasteiger partial charge on any atom is 0.336 e. The lowest BCUT2D eigenvalue weighted by Gasteiger charge is -2.10. The monoisotopic (exact) mass is 240 g/mol. The van der Waals surface area contributed by atoms with Gasteiger partial charge >= 0.3 is 5.97 Å². The van der Waals surface area contributed by atoms with Gasteiger partial charge in [-0.3, -0.25) is 0 Å². The molecule has 5 nitrogen and oxygen atoms in total. The van der Waals surface area contributed by atoms with Crippen LogP contribution < -0.4 is 4.74 Å². The smallest absolute Gasteiger partial charge is 0.336 e. The van der Waals surface area contributed by atoms with Gasteiger partial charge < -0.3 is 19.7 Å². The molecule has 0 atom stereocenters. The lowest BCUT2D eigenvalue weighted by atomic mass is 10.1. The van der Waals surface area contributed by atoms with Crippen molar-refractivity contribution in [3.05, 3.63) is 29.3 Å². The summed E-state index contributed by atoms with van der Waals surface area (Å²) in [4.78, 5) is 10.9. The van der Waals surface area contributed by atoms with Gasteiger partial charge in [0.15, 0.2) is 0 Å². The summed E-state index contributed by atoms with van der Waals surface area (Å²) >= 11 is 0. The Bertz CT molecular complexity index is 375. The molecule has 0 unspecified atom stereocenters. The molecule has 1 aromatic carbocycles. The summed E-state index contributed by atoms with van der Waals surface area (Å²) in [5.74, 6) is -0.429. The number of ether oxygens (including phenoxy) is 2. The van der Waals surface area contributed by atoms with Crippen molar-refractivity contribution in [3.8, 4) is 5.75 Å². The number of hydrogen-bond acceptors (Lipinski definition) is 4. The topological polar surface area (TPSA) is 76.0 Å². The Hall–Kier alpha value is -1.59. The minimum absolute atomic E-state index is 0.0203. The zero-order valence-electron chi connectivity index (χ0n) is 9.68. The molecule has 17 heavy (non-hydrogen) atoms. The van der Waals surface area contributed by atoms with E-state index >= 15 is 0 Å². The van der Waals surface area contributed by atoms with Gasteiger partial charge in [-0.25, -0.2) is 4.79 Å². The first-order chi connectivity index (χ1) is 8.16. The van der Waals surface area contributed by atoms with Crippen molar-refractivity contribution >= 4 is 5.97 Å². The average molecular weight is 240 g/mol. The van der Waals surface area contributed by atoms with Crippen LogP contribution in [-0.2, 0) is 4.74 Å². The molecule has 5 heteroatoms. The van der Waals surface area contributed by atoms with Crippen LogP contribution in [0.3, 0.4) is 0 Å². The van der Waals surface area contributed by atoms with Gasteiger partial charge in [0.2, 0.25) is 0 Å². The Morgan fingerprint density at radius 2 is 2.06 bits per heavy atom. The lowest BCUT2D eigenvalue weighted by Crippen LogP contribution is -2.10. The summed E-state index contributed by atoms with van der Waals surface area (Å²) in [5, 5.41) is 17.4. The number of aromatic carboxylic acids is 1. The predicted octanol–water partition coefficient (Wildman–Crippen LogP) is 1.08. The van der Waals surface area contributed by atoms with Crippen molar-refractivity contribution in [3.63, 3.8) is 0 Å². The number of rotatable bonds is 7. The number of carboxylic acids is 1. The number of carboxylic acid groups (broad SMARTS) is 1. The molecule has 0 aliphatic rings. The first kappa shape index (κ1) is 13.5. The molecular weight excluding hydrogens is 224 g/mol. The molecule has 0 aromatic heterocycles. The first-order valence-electron chi connectivity index (χ1n) is 5.31. The quantitative estimate of drug-likeness (QED) is 0.697. The maximum atomic E-state index is 10.9. The summed E-state index contributed by atoms with van der Waals surface area (Å²) in [6.45, 7) is 2.64. The molecule has 0 bridgehead atoms. The van der Waals surface area contributed by atoms with Crippen molar-refractivity contribution < 1.29 is 24.5 Å². The fourth-order valence-electron chi connectivity index (χ4n) is 1.38. The van der Waals surface area contributed by atoms with Crippen LogP contribution in [0, 0.1) is 6.92 Å². The molecule has 0 radical (unpaired) electrons. The van der Waals surface area contributed by atoms with Crippen molar-refractivity contribution in [2.45, 2.75) is 6.92 Å². The molecule has 0 aliphatic carbocycles. The van der Waals surface area contributed by atoms with Crippen LogP contribution in [0.2, 0.25) is 0 Å². The fourth-order valence-corrected chi connectivity index (χ4v) is 1.38. The van der Waals surface area contributed by atoms with Crippen LogP contribution in [0.25, 0.3) is 0 Å². The molecule has 1 rings (SSSR count). The summed E-state index contributed by atoms with van der Waals surface area (Å²) in [6, 6.07) is 4.89. The Labute approximate surface area is 99.6 Å². The summed E-state index contributed by atoms with van der Waals surface area (Å²) in [5.41, 5.74) is 0.834. The number of hydrogen-bond donors (Lipinski definition) is 2. The summed E-state index contributed by atoms with van der Waals surface area (Å²) in [7, 11) is 0. The molecule has 94 valence electrons. The minimum Gasteiger partial charge on any atom is -0.491 e. The van der Waals surface area contributed by atoms with E-state index in [-0.39, 0.29) is 18.8 Å². The van der Waals surface area contributed by atoms with E-state index in [4.69, 9.17) is 19.7 Å². The number of aliphatic hydroxyl groups is 1. The molecule has 1 aromatic rings. The minimum atomic E-state index is -0.968. The van der Waals surface area contributed by atoms with Gasteiger partial charge in [-0.05, 0) is 19.1 Å². The van der Waals surface area contributed by atoms with Gasteiger partial charge in [-0.2, -0.15) is 0 Å². The molecule has 0 spiro atoms. The third-order valence-electron chi connectivity index (χ3n) is 2.24. The Balaban J connectivity index is 2.54. The Morgan fingerprint density at radius 3 is 2.71 bits per heavy atom. The van der Waals surface area contributed by atoms with Gasteiger partial charge in [-0.1, -0.05) is 6.07 Å². The second-order valence-corrected chi connectivity index (χ2v) is 3.42. The van der Waals surface area contributed by atoms with E-state index in [1.807, 2.05) is 0 Å². The third kappa shape index (κ3) is 4.05. The number of aliphatic hydroxyl groups excluding tert-OH is 1. The summed E-state index contributed by atoms with van der Waals surface area (Å²) < 4.78 is 10.4. The molecule has 0 saturated carbocycles. The Morgan fingerprint density at radius 1 is 1.29 bits per heavy atom. The largest absolute Gasteiger partial charge is 0.491 e. The zero-order valence-corrected chi connectivity index (χ0v) is 9.68. The number of carbonyl (C=O) groups is 1. The van der Waals surface area contributed by atoms with E-state index in [1.54, 1.807) is 19.1 Å². The van der Waals surface area contributed by atoms with Gasteiger partial charge in [-0.15, -0.1) is 0 Å². The van der Waals surface area contributed by atoms with E-state index in [1.165, 1.54) is 6.07 Å². The van der Waals surface area contributed by atoms with Gasteiger partial charge in [0, 0.05) is 5.56 Å². The van der Waals surface area contributed by atoms with E-state index in [0.29, 0.717) is 24.5 Å². The van der Waals surface area contributed by atoms with Crippen LogP contribution in [-0.4, -0.2) is 42.6 Å². The zero-order chi connectivity index (χ0) is 12.7. The Kier molecular flexibility index (Phi) is 5.45. The summed E-state index contributed by atoms with van der Waals surface area (Å²) in [6.07, 6.45) is 0. The van der Waals surface area contributed by atoms with Crippen molar-refractivity contribution in [2.24, 2.45) is 0 Å². The molecule has 0 saturated heterocycles. The highest BCUT2D eigenvalue weighted by Crippen LogP contribution is 2.21. The molecule has 0 fully saturated rings. The molecule has 0 amide bonds. The molecule has 0 heterocycles. The molecular formula is C12H16O5. The third-order valence-corrected chi connectivity index (χ3v) is 2.24. The standard InChI is InChI=1S/C12H16O5/c1-9-10(12(14)15)3-2-4-11(9)17-8-7-16-6-5-13/h2-4,13H,5-8H2,1H3,(H,14,15). The van der Waals surface area contributed by atoms with Crippen molar-refractivity contribution in [1.29, 1.82) is 0 Å². The maximum absolute atomic E-state index is 10.9.